The predicted molar refractivity (Wildman–Crippen MR) is 175 cm³/mol. The summed E-state index contributed by atoms with van der Waals surface area (Å²) < 4.78 is 21.1. The molecule has 0 aromatic carbocycles. The number of allylic oxidation sites excluding steroid dienone is 8. The number of aliphatic hydroxyl groups excluding tert-OH is 1. The molecule has 2 heterocycles. The molecule has 2 aliphatic rings. The van der Waals surface area contributed by atoms with E-state index < -0.39 is 24.8 Å². The lowest BCUT2D eigenvalue weighted by Gasteiger charge is -2.15. The van der Waals surface area contributed by atoms with Gasteiger partial charge < -0.3 is 24.1 Å². The SMILES string of the molecule is CC/C=C\C=C/CCC[C@H]1O[C@@H]1C#CC#CCCC(=O)OC(CO)OC(=O)CCC#CC#C[C@H]1O[C@@H]1CCC/C=C\C=C/CC. The summed E-state index contributed by atoms with van der Waals surface area (Å²) in [5, 5.41) is 9.41. The monoisotopic (exact) mass is 614 g/mol. The Hall–Kier alpha value is -3.98. The van der Waals surface area contributed by atoms with Gasteiger partial charge in [-0.05, 0) is 75.0 Å². The van der Waals surface area contributed by atoms with Gasteiger partial charge in [-0.3, -0.25) is 9.59 Å². The summed E-state index contributed by atoms with van der Waals surface area (Å²) in [5.74, 6) is 21.2. The van der Waals surface area contributed by atoms with Crippen molar-refractivity contribution in [1.29, 1.82) is 0 Å². The molecule has 2 saturated heterocycles. The normalized spacial score (nSPS) is 19.7. The van der Waals surface area contributed by atoms with Gasteiger partial charge in [0, 0.05) is 12.8 Å². The van der Waals surface area contributed by atoms with Crippen LogP contribution in [-0.4, -0.2) is 54.4 Å². The molecule has 0 aromatic rings. The summed E-state index contributed by atoms with van der Waals surface area (Å²) in [6.07, 6.45) is 24.2. The fraction of sp³-hybridized carbons (Fsp3) is 0.526. The van der Waals surface area contributed by atoms with E-state index in [4.69, 9.17) is 18.9 Å². The third-order valence-corrected chi connectivity index (χ3v) is 6.44. The molecule has 0 aromatic heterocycles. The van der Waals surface area contributed by atoms with Crippen LogP contribution in [0.4, 0.5) is 0 Å². The Kier molecular flexibility index (Phi) is 20.1. The minimum atomic E-state index is -1.37. The van der Waals surface area contributed by atoms with Gasteiger partial charge in [0.2, 0.25) is 0 Å². The van der Waals surface area contributed by atoms with E-state index >= 15 is 0 Å². The van der Waals surface area contributed by atoms with E-state index in [1.807, 2.05) is 0 Å². The number of esters is 2. The lowest BCUT2D eigenvalue weighted by atomic mass is 10.1. The fourth-order valence-corrected chi connectivity index (χ4v) is 3.90. The second kappa shape index (κ2) is 24.4. The van der Waals surface area contributed by atoms with Crippen LogP contribution < -0.4 is 0 Å². The van der Waals surface area contributed by atoms with Crippen LogP contribution in [0.25, 0.3) is 0 Å². The molecule has 1 N–H and O–H groups in total. The minimum Gasteiger partial charge on any atom is -0.423 e. The second-order valence-corrected chi connectivity index (χ2v) is 10.3. The summed E-state index contributed by atoms with van der Waals surface area (Å²) >= 11 is 0. The summed E-state index contributed by atoms with van der Waals surface area (Å²) in [4.78, 5) is 24.0. The highest BCUT2D eigenvalue weighted by Gasteiger charge is 2.36. The van der Waals surface area contributed by atoms with Gasteiger partial charge in [-0.1, -0.05) is 86.1 Å². The first-order chi connectivity index (χ1) is 22.1. The van der Waals surface area contributed by atoms with Gasteiger partial charge in [0.05, 0.1) is 25.0 Å². The van der Waals surface area contributed by atoms with Crippen molar-refractivity contribution in [1.82, 2.24) is 0 Å². The topological polar surface area (TPSA) is 97.9 Å². The third kappa shape index (κ3) is 19.8. The molecule has 2 fully saturated rings. The Morgan fingerprint density at radius 1 is 0.711 bits per heavy atom. The molecular formula is C38H46O7. The average Bonchev–Trinajstić information content (AvgIpc) is 3.96. The lowest BCUT2D eigenvalue weighted by Crippen LogP contribution is -2.27. The van der Waals surface area contributed by atoms with Crippen LogP contribution in [0.2, 0.25) is 0 Å². The molecule has 0 saturated carbocycles. The molecule has 0 radical (unpaired) electrons. The highest BCUT2D eigenvalue weighted by atomic mass is 16.7. The average molecular weight is 615 g/mol. The van der Waals surface area contributed by atoms with E-state index in [2.05, 4.69) is 110 Å². The van der Waals surface area contributed by atoms with Gasteiger partial charge >= 0.3 is 11.9 Å². The Balaban J connectivity index is 1.51. The molecule has 0 bridgehead atoms. The largest absolute Gasteiger partial charge is 0.423 e. The molecule has 7 nitrogen and oxygen atoms in total. The number of hydrogen-bond donors (Lipinski definition) is 1. The Bertz CT molecular complexity index is 1180. The predicted octanol–water partition coefficient (Wildman–Crippen LogP) is 5.89. The highest BCUT2D eigenvalue weighted by molar-refractivity contribution is 5.71. The van der Waals surface area contributed by atoms with E-state index in [0.29, 0.717) is 0 Å². The molecule has 0 spiro atoms. The van der Waals surface area contributed by atoms with Crippen LogP contribution in [0, 0.1) is 47.4 Å². The van der Waals surface area contributed by atoms with Crippen molar-refractivity contribution < 1.29 is 33.6 Å². The summed E-state index contributed by atoms with van der Waals surface area (Å²) in [6, 6.07) is 0. The van der Waals surface area contributed by atoms with Crippen LogP contribution in [0.5, 0.6) is 0 Å². The quantitative estimate of drug-likeness (QED) is 0.0484. The van der Waals surface area contributed by atoms with Gasteiger partial charge in [0.1, 0.15) is 18.8 Å². The Labute approximate surface area is 269 Å². The van der Waals surface area contributed by atoms with E-state index in [9.17, 15) is 14.7 Å². The van der Waals surface area contributed by atoms with E-state index in [0.717, 1.165) is 51.4 Å². The first-order valence-electron chi connectivity index (χ1n) is 16.0. The Morgan fingerprint density at radius 3 is 1.58 bits per heavy atom. The number of rotatable bonds is 19. The number of aliphatic hydroxyl groups is 1. The summed E-state index contributed by atoms with van der Waals surface area (Å²) in [6.45, 7) is 3.57. The zero-order valence-corrected chi connectivity index (χ0v) is 26.6. The minimum absolute atomic E-state index is 0.0182. The van der Waals surface area contributed by atoms with Gasteiger partial charge in [0.15, 0.2) is 0 Å². The number of carbonyl (C=O) groups excluding carboxylic acids is 2. The van der Waals surface area contributed by atoms with E-state index in [1.165, 1.54) is 0 Å². The van der Waals surface area contributed by atoms with Crippen LogP contribution in [0.1, 0.15) is 90.9 Å². The molecule has 7 heteroatoms. The molecule has 240 valence electrons. The fourth-order valence-electron chi connectivity index (χ4n) is 3.90. The maximum atomic E-state index is 12.0. The number of ether oxygens (including phenoxy) is 4. The summed E-state index contributed by atoms with van der Waals surface area (Å²) in [7, 11) is 0. The van der Waals surface area contributed by atoms with Crippen molar-refractivity contribution in [3.8, 4) is 47.4 Å². The molecular weight excluding hydrogens is 568 g/mol. The van der Waals surface area contributed by atoms with Crippen molar-refractivity contribution in [2.24, 2.45) is 0 Å². The van der Waals surface area contributed by atoms with Gasteiger partial charge in [0.25, 0.3) is 6.29 Å². The zero-order valence-electron chi connectivity index (χ0n) is 26.6. The standard InChI is InChI=1S/C38H46O7/c1-3-5-7-9-11-13-19-25-32-34(42-32)27-21-15-17-23-29-36(40)44-38(31-39)45-37(41)30-24-18-16-22-28-35-33(43-35)26-20-14-12-10-8-6-4-2/h5-12,32-35,38-39H,3-4,13-14,19-20,23-26,29-31H2,1-2H3/b7-5-,8-6-,11-9-,12-10-/t32-,33-,34-,35-/m1/s1. The van der Waals surface area contributed by atoms with Crippen molar-refractivity contribution in [3.63, 3.8) is 0 Å². The molecule has 0 aliphatic carbocycles. The number of epoxide rings is 2. The number of unbranched alkanes of at least 4 members (excludes halogenated alkanes) is 2. The smallest absolute Gasteiger partial charge is 0.309 e. The molecule has 45 heavy (non-hydrogen) atoms. The maximum absolute atomic E-state index is 12.0. The Morgan fingerprint density at radius 2 is 1.16 bits per heavy atom. The first-order valence-corrected chi connectivity index (χ1v) is 16.0. The molecule has 2 aliphatic heterocycles. The molecule has 2 rings (SSSR count). The lowest BCUT2D eigenvalue weighted by molar-refractivity contribution is -0.194. The van der Waals surface area contributed by atoms with Crippen LogP contribution >= 0.6 is 0 Å². The van der Waals surface area contributed by atoms with Crippen LogP contribution in [0.15, 0.2) is 48.6 Å². The number of carbonyl (C=O) groups is 2. The van der Waals surface area contributed by atoms with E-state index in [-0.39, 0.29) is 50.1 Å². The van der Waals surface area contributed by atoms with Crippen molar-refractivity contribution in [2.45, 2.75) is 122 Å². The second-order valence-electron chi connectivity index (χ2n) is 10.3. The number of hydrogen-bond acceptors (Lipinski definition) is 7. The molecule has 0 amide bonds. The maximum Gasteiger partial charge on any atom is 0.309 e. The van der Waals surface area contributed by atoms with Gasteiger partial charge in [-0.2, -0.15) is 0 Å². The first kappa shape index (κ1) is 37.2. The molecule has 0 unspecified atom stereocenters. The zero-order chi connectivity index (χ0) is 32.4. The van der Waals surface area contributed by atoms with Crippen LogP contribution in [0.3, 0.4) is 0 Å². The van der Waals surface area contributed by atoms with E-state index in [1.54, 1.807) is 0 Å². The summed E-state index contributed by atoms with van der Waals surface area (Å²) in [5.41, 5.74) is 0. The van der Waals surface area contributed by atoms with Crippen molar-refractivity contribution >= 4 is 11.9 Å². The third-order valence-electron chi connectivity index (χ3n) is 6.44. The van der Waals surface area contributed by atoms with Crippen LogP contribution in [-0.2, 0) is 28.5 Å². The van der Waals surface area contributed by atoms with Crippen molar-refractivity contribution in [2.75, 3.05) is 6.61 Å². The van der Waals surface area contributed by atoms with Gasteiger partial charge in [-0.25, -0.2) is 0 Å². The highest BCUT2D eigenvalue weighted by Crippen LogP contribution is 2.27. The molecule has 4 atom stereocenters. The van der Waals surface area contributed by atoms with Gasteiger partial charge in [-0.15, -0.1) is 0 Å². The van der Waals surface area contributed by atoms with Crippen molar-refractivity contribution in [3.05, 3.63) is 48.6 Å².